The molecular weight excluding hydrogens is 238 g/mol. The van der Waals surface area contributed by atoms with Gasteiger partial charge in [0.25, 0.3) is 0 Å². The molecule has 3 heteroatoms. The number of hydrogen-bond donors (Lipinski definition) is 1. The Hall–Kier alpha value is -2.00. The van der Waals surface area contributed by atoms with Gasteiger partial charge in [-0.2, -0.15) is 0 Å². The van der Waals surface area contributed by atoms with E-state index in [1.165, 1.54) is 0 Å². The van der Waals surface area contributed by atoms with Crippen LogP contribution in [0, 0.1) is 0 Å². The van der Waals surface area contributed by atoms with Gasteiger partial charge in [-0.1, -0.05) is 24.3 Å². The number of methoxy groups -OCH3 is 1. The van der Waals surface area contributed by atoms with Gasteiger partial charge in [0.1, 0.15) is 5.75 Å². The number of nitrogens with zero attached hydrogens (tertiary/aromatic N) is 1. The van der Waals surface area contributed by atoms with Crippen molar-refractivity contribution in [3.8, 4) is 5.75 Å². The molecule has 0 bridgehead atoms. The predicted molar refractivity (Wildman–Crippen MR) is 78.1 cm³/mol. The monoisotopic (exact) mass is 257 g/mol. The molecule has 0 radical (unpaired) electrons. The first kappa shape index (κ1) is 13.4. The summed E-state index contributed by atoms with van der Waals surface area (Å²) in [6, 6.07) is 15.7. The highest BCUT2D eigenvalue weighted by Crippen LogP contribution is 2.31. The lowest BCUT2D eigenvalue weighted by molar-refractivity contribution is 0.200. The summed E-state index contributed by atoms with van der Waals surface area (Å²) in [5, 5.41) is 9.85. The van der Waals surface area contributed by atoms with Gasteiger partial charge in [-0.15, -0.1) is 0 Å². The Morgan fingerprint density at radius 3 is 2.53 bits per heavy atom. The van der Waals surface area contributed by atoms with Gasteiger partial charge in [0.2, 0.25) is 0 Å². The molecule has 0 aliphatic rings. The molecule has 0 fully saturated rings. The van der Waals surface area contributed by atoms with Gasteiger partial charge in [-0.25, -0.2) is 0 Å². The third-order valence-electron chi connectivity index (χ3n) is 3.19. The average Bonchev–Trinajstić information content (AvgIpc) is 2.46. The Kier molecular flexibility index (Phi) is 4.07. The van der Waals surface area contributed by atoms with Crippen molar-refractivity contribution in [2.75, 3.05) is 19.1 Å². The molecule has 3 nitrogen and oxygen atoms in total. The first-order chi connectivity index (χ1) is 9.13. The van der Waals surface area contributed by atoms with Crippen molar-refractivity contribution < 1.29 is 9.84 Å². The van der Waals surface area contributed by atoms with Crippen LogP contribution in [-0.4, -0.2) is 19.3 Å². The Morgan fingerprint density at radius 2 is 1.84 bits per heavy atom. The van der Waals surface area contributed by atoms with Crippen LogP contribution in [0.4, 0.5) is 11.4 Å². The number of ether oxygens (including phenoxy) is 1. The number of benzene rings is 2. The highest BCUT2D eigenvalue weighted by atomic mass is 16.5. The van der Waals surface area contributed by atoms with Gasteiger partial charge in [-0.3, -0.25) is 0 Å². The molecule has 0 saturated carbocycles. The molecule has 0 saturated heterocycles. The molecule has 0 heterocycles. The van der Waals surface area contributed by atoms with Crippen LogP contribution in [-0.2, 0) is 0 Å². The number of aliphatic hydroxyl groups is 1. The summed E-state index contributed by atoms with van der Waals surface area (Å²) in [7, 11) is 3.64. The minimum Gasteiger partial charge on any atom is -0.497 e. The van der Waals surface area contributed by atoms with E-state index in [4.69, 9.17) is 4.74 Å². The lowest BCUT2D eigenvalue weighted by Gasteiger charge is -2.24. The maximum absolute atomic E-state index is 9.85. The summed E-state index contributed by atoms with van der Waals surface area (Å²) in [6.45, 7) is 1.78. The first-order valence-electron chi connectivity index (χ1n) is 6.28. The zero-order valence-electron chi connectivity index (χ0n) is 11.5. The molecule has 0 aromatic heterocycles. The van der Waals surface area contributed by atoms with Gasteiger partial charge in [0.15, 0.2) is 0 Å². The number of hydrogen-bond acceptors (Lipinski definition) is 3. The quantitative estimate of drug-likeness (QED) is 0.909. The van der Waals surface area contributed by atoms with E-state index in [1.807, 2.05) is 60.5 Å². The third kappa shape index (κ3) is 2.88. The summed E-state index contributed by atoms with van der Waals surface area (Å²) in [5.41, 5.74) is 2.92. The normalized spacial score (nSPS) is 12.0. The highest BCUT2D eigenvalue weighted by Gasteiger charge is 2.12. The fourth-order valence-corrected chi connectivity index (χ4v) is 2.10. The molecule has 0 aliphatic heterocycles. The second-order valence-corrected chi connectivity index (χ2v) is 4.50. The Bertz CT molecular complexity index is 552. The second-order valence-electron chi connectivity index (χ2n) is 4.50. The Morgan fingerprint density at radius 1 is 1.11 bits per heavy atom. The summed E-state index contributed by atoms with van der Waals surface area (Å²) >= 11 is 0. The number of aliphatic hydroxyl groups excluding tert-OH is 1. The SMILES string of the molecule is COc1cccc(N(C)c2ccccc2[C@H](C)O)c1. The van der Waals surface area contributed by atoms with Gasteiger partial charge in [-0.05, 0) is 25.1 Å². The first-order valence-corrected chi connectivity index (χ1v) is 6.28. The van der Waals surface area contributed by atoms with E-state index >= 15 is 0 Å². The van der Waals surface area contributed by atoms with E-state index < -0.39 is 6.10 Å². The van der Waals surface area contributed by atoms with Gasteiger partial charge >= 0.3 is 0 Å². The van der Waals surface area contributed by atoms with E-state index in [0.717, 1.165) is 22.7 Å². The molecule has 19 heavy (non-hydrogen) atoms. The summed E-state index contributed by atoms with van der Waals surface area (Å²) in [5.74, 6) is 0.818. The molecule has 1 N–H and O–H groups in total. The van der Waals surface area contributed by atoms with Crippen LogP contribution in [0.15, 0.2) is 48.5 Å². The molecule has 2 aromatic rings. The van der Waals surface area contributed by atoms with Crippen molar-refractivity contribution in [2.45, 2.75) is 13.0 Å². The largest absolute Gasteiger partial charge is 0.497 e. The topological polar surface area (TPSA) is 32.7 Å². The average molecular weight is 257 g/mol. The number of rotatable bonds is 4. The van der Waals surface area contributed by atoms with Gasteiger partial charge < -0.3 is 14.7 Å². The minimum atomic E-state index is -0.496. The Balaban J connectivity index is 2.40. The molecule has 1 atom stereocenters. The molecule has 0 unspecified atom stereocenters. The van der Waals surface area contributed by atoms with E-state index in [2.05, 4.69) is 0 Å². The van der Waals surface area contributed by atoms with Gasteiger partial charge in [0.05, 0.1) is 13.2 Å². The zero-order valence-corrected chi connectivity index (χ0v) is 11.5. The molecule has 0 aliphatic carbocycles. The van der Waals surface area contributed by atoms with E-state index in [0.29, 0.717) is 0 Å². The number of para-hydroxylation sites is 1. The lowest BCUT2D eigenvalue weighted by Crippen LogP contribution is -2.12. The van der Waals surface area contributed by atoms with Crippen LogP contribution in [0.1, 0.15) is 18.6 Å². The molecule has 0 amide bonds. The zero-order chi connectivity index (χ0) is 13.8. The fraction of sp³-hybridized carbons (Fsp3) is 0.250. The molecule has 2 aromatic carbocycles. The third-order valence-corrected chi connectivity index (χ3v) is 3.19. The summed E-state index contributed by atoms with van der Waals surface area (Å²) in [4.78, 5) is 2.05. The maximum Gasteiger partial charge on any atom is 0.120 e. The smallest absolute Gasteiger partial charge is 0.120 e. The second kappa shape index (κ2) is 5.76. The van der Waals surface area contributed by atoms with Crippen molar-refractivity contribution in [2.24, 2.45) is 0 Å². The van der Waals surface area contributed by atoms with E-state index in [1.54, 1.807) is 14.0 Å². The van der Waals surface area contributed by atoms with Crippen LogP contribution in [0.5, 0.6) is 5.75 Å². The van der Waals surface area contributed by atoms with Crippen LogP contribution >= 0.6 is 0 Å². The minimum absolute atomic E-state index is 0.496. The van der Waals surface area contributed by atoms with Crippen LogP contribution in [0.3, 0.4) is 0 Å². The molecular formula is C16H19NO2. The highest BCUT2D eigenvalue weighted by molar-refractivity contribution is 5.67. The van der Waals surface area contributed by atoms with E-state index in [9.17, 15) is 5.11 Å². The van der Waals surface area contributed by atoms with Crippen LogP contribution < -0.4 is 9.64 Å². The summed E-state index contributed by atoms with van der Waals surface area (Å²) < 4.78 is 5.24. The molecule has 100 valence electrons. The standard InChI is InChI=1S/C16H19NO2/c1-12(18)15-9-4-5-10-16(15)17(2)13-7-6-8-14(11-13)19-3/h4-12,18H,1-3H3/t12-/m0/s1. The number of anilines is 2. The summed E-state index contributed by atoms with van der Waals surface area (Å²) in [6.07, 6.45) is -0.496. The fourth-order valence-electron chi connectivity index (χ4n) is 2.10. The van der Waals surface area contributed by atoms with E-state index in [-0.39, 0.29) is 0 Å². The van der Waals surface area contributed by atoms with Crippen molar-refractivity contribution in [3.05, 3.63) is 54.1 Å². The molecule has 2 rings (SSSR count). The van der Waals surface area contributed by atoms with Gasteiger partial charge in [0, 0.05) is 30.1 Å². The molecule has 0 spiro atoms. The van der Waals surface area contributed by atoms with Crippen molar-refractivity contribution in [1.29, 1.82) is 0 Å². The lowest BCUT2D eigenvalue weighted by atomic mass is 10.1. The Labute approximate surface area is 114 Å². The van der Waals surface area contributed by atoms with Crippen molar-refractivity contribution in [1.82, 2.24) is 0 Å². The maximum atomic E-state index is 9.85. The van der Waals surface area contributed by atoms with Crippen LogP contribution in [0.25, 0.3) is 0 Å². The van der Waals surface area contributed by atoms with Crippen molar-refractivity contribution >= 4 is 11.4 Å². The predicted octanol–water partition coefficient (Wildman–Crippen LogP) is 3.52. The van der Waals surface area contributed by atoms with Crippen molar-refractivity contribution in [3.63, 3.8) is 0 Å². The van der Waals surface area contributed by atoms with Crippen LogP contribution in [0.2, 0.25) is 0 Å².